The van der Waals surface area contributed by atoms with Crippen molar-refractivity contribution in [3.05, 3.63) is 65.7 Å². The van der Waals surface area contributed by atoms with Crippen LogP contribution < -0.4 is 10.6 Å². The third-order valence-electron chi connectivity index (χ3n) is 4.93. The topological polar surface area (TPSA) is 56.7 Å². The van der Waals surface area contributed by atoms with E-state index in [1.807, 2.05) is 47.0 Å². The molecule has 1 fully saturated rings. The van der Waals surface area contributed by atoms with Crippen molar-refractivity contribution in [1.82, 2.24) is 15.5 Å². The van der Waals surface area contributed by atoms with Gasteiger partial charge in [0, 0.05) is 49.4 Å². The van der Waals surface area contributed by atoms with Gasteiger partial charge in [-0.05, 0) is 49.1 Å². The third-order valence-corrected chi connectivity index (χ3v) is 5.95. The molecule has 6 heteroatoms. The molecule has 0 saturated carbocycles. The number of thioether (sulfide) groups is 1. The number of carbonyl (C=O) groups is 1. The summed E-state index contributed by atoms with van der Waals surface area (Å²) in [6, 6.07) is 18.3. The first-order valence-electron chi connectivity index (χ1n) is 10.3. The van der Waals surface area contributed by atoms with E-state index in [2.05, 4.69) is 39.9 Å². The normalized spacial score (nSPS) is 14.5. The summed E-state index contributed by atoms with van der Waals surface area (Å²) in [5.74, 6) is 1.91. The molecule has 5 nitrogen and oxygen atoms in total. The van der Waals surface area contributed by atoms with Gasteiger partial charge in [0.15, 0.2) is 5.96 Å². The average molecular weight is 411 g/mol. The first-order valence-corrected chi connectivity index (χ1v) is 11.3. The maximum absolute atomic E-state index is 12.6. The van der Waals surface area contributed by atoms with Gasteiger partial charge in [-0.1, -0.05) is 30.3 Å². The van der Waals surface area contributed by atoms with Crippen LogP contribution in [0.25, 0.3) is 0 Å². The lowest BCUT2D eigenvalue weighted by atomic mass is 10.1. The van der Waals surface area contributed by atoms with Crippen molar-refractivity contribution in [2.45, 2.75) is 30.7 Å². The molecule has 0 aliphatic carbocycles. The summed E-state index contributed by atoms with van der Waals surface area (Å²) in [5, 5.41) is 6.67. The Kier molecular flexibility index (Phi) is 8.43. The Hall–Kier alpha value is -2.47. The third kappa shape index (κ3) is 6.82. The van der Waals surface area contributed by atoms with Crippen LogP contribution in [0.1, 0.15) is 35.2 Å². The number of nitrogens with one attached hydrogen (secondary N) is 2. The fourth-order valence-corrected chi connectivity index (χ4v) is 4.10. The number of carbonyl (C=O) groups excluding carboxylic acids is 1. The van der Waals surface area contributed by atoms with Crippen molar-refractivity contribution in [1.29, 1.82) is 0 Å². The number of nitrogens with zero attached hydrogens (tertiary/aromatic N) is 2. The Labute approximate surface area is 178 Å². The number of rotatable bonds is 7. The van der Waals surface area contributed by atoms with Gasteiger partial charge in [0.2, 0.25) is 0 Å². The molecule has 0 atom stereocenters. The van der Waals surface area contributed by atoms with E-state index in [4.69, 9.17) is 0 Å². The zero-order valence-corrected chi connectivity index (χ0v) is 17.9. The lowest BCUT2D eigenvalue weighted by Crippen LogP contribution is -2.38. The number of amides is 1. The van der Waals surface area contributed by atoms with Gasteiger partial charge in [-0.3, -0.25) is 9.79 Å². The molecule has 0 unspecified atom stereocenters. The van der Waals surface area contributed by atoms with Crippen LogP contribution in [0.2, 0.25) is 0 Å². The first kappa shape index (κ1) is 21.2. The van der Waals surface area contributed by atoms with E-state index in [-0.39, 0.29) is 5.91 Å². The maximum Gasteiger partial charge on any atom is 0.253 e. The molecule has 3 rings (SSSR count). The van der Waals surface area contributed by atoms with Gasteiger partial charge in [-0.25, -0.2) is 0 Å². The van der Waals surface area contributed by atoms with Crippen LogP contribution in [0.5, 0.6) is 0 Å². The van der Waals surface area contributed by atoms with E-state index >= 15 is 0 Å². The number of hydrogen-bond donors (Lipinski definition) is 2. The van der Waals surface area contributed by atoms with Gasteiger partial charge < -0.3 is 15.5 Å². The fraction of sp³-hybridized carbons (Fsp3) is 0.391. The lowest BCUT2D eigenvalue weighted by Gasteiger charge is -2.26. The first-order chi connectivity index (χ1) is 14.3. The predicted octanol–water partition coefficient (Wildman–Crippen LogP) is 3.77. The van der Waals surface area contributed by atoms with E-state index in [0.29, 0.717) is 6.54 Å². The summed E-state index contributed by atoms with van der Waals surface area (Å²) in [7, 11) is 1.78. The SMILES string of the molecule is CN=C(NCCSc1ccccc1)NCc1ccc(C(=O)N2CCCCC2)cc1. The predicted molar refractivity (Wildman–Crippen MR) is 122 cm³/mol. The minimum atomic E-state index is 0.151. The van der Waals surface area contributed by atoms with Crippen molar-refractivity contribution in [3.63, 3.8) is 0 Å². The zero-order chi connectivity index (χ0) is 20.3. The highest BCUT2D eigenvalue weighted by atomic mass is 32.2. The Morgan fingerprint density at radius 2 is 1.72 bits per heavy atom. The molecule has 29 heavy (non-hydrogen) atoms. The smallest absolute Gasteiger partial charge is 0.253 e. The Morgan fingerprint density at radius 1 is 1.00 bits per heavy atom. The maximum atomic E-state index is 12.6. The number of likely N-dealkylation sites (tertiary alicyclic amines) is 1. The van der Waals surface area contributed by atoms with Crippen LogP contribution in [0.15, 0.2) is 64.5 Å². The lowest BCUT2D eigenvalue weighted by molar-refractivity contribution is 0.0724. The van der Waals surface area contributed by atoms with Gasteiger partial charge in [0.1, 0.15) is 0 Å². The van der Waals surface area contributed by atoms with Gasteiger partial charge >= 0.3 is 0 Å². The molecule has 1 saturated heterocycles. The van der Waals surface area contributed by atoms with E-state index in [9.17, 15) is 4.79 Å². The van der Waals surface area contributed by atoms with Gasteiger partial charge in [-0.15, -0.1) is 11.8 Å². The van der Waals surface area contributed by atoms with Crippen LogP contribution in [0.4, 0.5) is 0 Å². The van der Waals surface area contributed by atoms with E-state index < -0.39 is 0 Å². The molecule has 154 valence electrons. The molecule has 2 aromatic rings. The molecule has 1 heterocycles. The highest BCUT2D eigenvalue weighted by molar-refractivity contribution is 7.99. The van der Waals surface area contributed by atoms with E-state index in [1.54, 1.807) is 7.05 Å². The van der Waals surface area contributed by atoms with Crippen LogP contribution in [-0.2, 0) is 6.54 Å². The summed E-state index contributed by atoms with van der Waals surface area (Å²) in [6.45, 7) is 3.27. The number of hydrogen-bond acceptors (Lipinski definition) is 3. The van der Waals surface area contributed by atoms with E-state index in [0.717, 1.165) is 55.3 Å². The second-order valence-corrected chi connectivity index (χ2v) is 8.23. The molecule has 0 aromatic heterocycles. The summed E-state index contributed by atoms with van der Waals surface area (Å²) >= 11 is 1.82. The molecular formula is C23H30N4OS. The summed E-state index contributed by atoms with van der Waals surface area (Å²) < 4.78 is 0. The quantitative estimate of drug-likeness (QED) is 0.316. The van der Waals surface area contributed by atoms with Crippen molar-refractivity contribution >= 4 is 23.6 Å². The van der Waals surface area contributed by atoms with Crippen LogP contribution in [-0.4, -0.2) is 49.2 Å². The molecule has 0 spiro atoms. The van der Waals surface area contributed by atoms with Crippen molar-refractivity contribution in [2.24, 2.45) is 4.99 Å². The highest BCUT2D eigenvalue weighted by Crippen LogP contribution is 2.16. The van der Waals surface area contributed by atoms with Gasteiger partial charge in [-0.2, -0.15) is 0 Å². The van der Waals surface area contributed by atoms with Crippen molar-refractivity contribution in [2.75, 3.05) is 32.4 Å². The molecule has 1 aliphatic rings. The molecule has 1 amide bonds. The molecular weight excluding hydrogens is 380 g/mol. The molecule has 0 radical (unpaired) electrons. The molecule has 2 N–H and O–H groups in total. The second kappa shape index (κ2) is 11.5. The number of guanidine groups is 1. The average Bonchev–Trinajstić information content (AvgIpc) is 2.80. The number of benzene rings is 2. The summed E-state index contributed by atoms with van der Waals surface area (Å²) in [5.41, 5.74) is 1.90. The minimum Gasteiger partial charge on any atom is -0.356 e. The van der Waals surface area contributed by atoms with Gasteiger partial charge in [0.25, 0.3) is 5.91 Å². The second-order valence-electron chi connectivity index (χ2n) is 7.06. The standard InChI is InChI=1S/C23H30N4OS/c1-24-23(25-14-17-29-21-8-4-2-5-9-21)26-18-19-10-12-20(13-11-19)22(28)27-15-6-3-7-16-27/h2,4-5,8-13H,3,6-7,14-18H2,1H3,(H2,24,25,26). The molecule has 1 aliphatic heterocycles. The highest BCUT2D eigenvalue weighted by Gasteiger charge is 2.17. The van der Waals surface area contributed by atoms with Crippen LogP contribution in [0.3, 0.4) is 0 Å². The van der Waals surface area contributed by atoms with Crippen LogP contribution >= 0.6 is 11.8 Å². The molecule has 0 bridgehead atoms. The Balaban J connectivity index is 1.40. The largest absolute Gasteiger partial charge is 0.356 e. The van der Waals surface area contributed by atoms with E-state index in [1.165, 1.54) is 11.3 Å². The van der Waals surface area contributed by atoms with Crippen molar-refractivity contribution < 1.29 is 4.79 Å². The van der Waals surface area contributed by atoms with Crippen LogP contribution in [0, 0.1) is 0 Å². The fourth-order valence-electron chi connectivity index (χ4n) is 3.31. The summed E-state index contributed by atoms with van der Waals surface area (Å²) in [6.07, 6.45) is 3.46. The monoisotopic (exact) mass is 410 g/mol. The Bertz CT molecular complexity index is 786. The summed E-state index contributed by atoms with van der Waals surface area (Å²) in [4.78, 5) is 20.1. The number of piperidine rings is 1. The Morgan fingerprint density at radius 3 is 2.41 bits per heavy atom. The zero-order valence-electron chi connectivity index (χ0n) is 17.1. The van der Waals surface area contributed by atoms with Gasteiger partial charge in [0.05, 0.1) is 0 Å². The van der Waals surface area contributed by atoms with Crippen molar-refractivity contribution in [3.8, 4) is 0 Å². The molecule has 2 aromatic carbocycles. The minimum absolute atomic E-state index is 0.151. The number of aliphatic imine (C=N–C) groups is 1.